The number of ether oxygens (including phenoxy) is 2. The Bertz CT molecular complexity index is 830. The fraction of sp³-hybridized carbons (Fsp3) is 0.350. The summed E-state index contributed by atoms with van der Waals surface area (Å²) >= 11 is 3.46. The van der Waals surface area contributed by atoms with Crippen molar-refractivity contribution in [1.29, 1.82) is 0 Å². The first-order chi connectivity index (χ1) is 12.3. The molecule has 3 atom stereocenters. The van der Waals surface area contributed by atoms with Crippen LogP contribution in [0, 0.1) is 0 Å². The van der Waals surface area contributed by atoms with Gasteiger partial charge in [-0.2, -0.15) is 4.40 Å². The van der Waals surface area contributed by atoms with Crippen LogP contribution in [0.25, 0.3) is 0 Å². The third-order valence-corrected chi connectivity index (χ3v) is 6.10. The predicted molar refractivity (Wildman–Crippen MR) is 108 cm³/mol. The van der Waals surface area contributed by atoms with Gasteiger partial charge in [0.15, 0.2) is 5.60 Å². The molecular formula is C20H22BrNO3S. The minimum atomic E-state index is -1.45. The summed E-state index contributed by atoms with van der Waals surface area (Å²) < 4.78 is 29.3. The molecule has 3 rings (SSSR count). The Labute approximate surface area is 165 Å². The molecule has 0 amide bonds. The molecule has 1 fully saturated rings. The van der Waals surface area contributed by atoms with Gasteiger partial charge < -0.3 is 9.47 Å². The molecule has 2 aromatic rings. The van der Waals surface area contributed by atoms with Gasteiger partial charge in [-0.1, -0.05) is 58.4 Å². The zero-order valence-corrected chi connectivity index (χ0v) is 17.6. The Hall–Kier alpha value is -1.50. The minimum absolute atomic E-state index is 0.242. The highest BCUT2D eigenvalue weighted by atomic mass is 79.9. The third-order valence-electron chi connectivity index (χ3n) is 4.19. The summed E-state index contributed by atoms with van der Waals surface area (Å²) in [7, 11) is 0.0983. The van der Waals surface area contributed by atoms with Crippen LogP contribution in [-0.2, 0) is 26.1 Å². The number of hydrogen-bond acceptors (Lipinski definition) is 3. The van der Waals surface area contributed by atoms with E-state index in [1.807, 2.05) is 75.4 Å². The molecule has 1 heterocycles. The highest BCUT2D eigenvalue weighted by Crippen LogP contribution is 2.58. The Morgan fingerprint density at radius 2 is 1.77 bits per heavy atom. The zero-order valence-electron chi connectivity index (χ0n) is 15.2. The number of rotatable bonds is 4. The maximum atomic E-state index is 12.6. The van der Waals surface area contributed by atoms with E-state index in [0.29, 0.717) is 5.90 Å². The molecule has 1 unspecified atom stereocenters. The van der Waals surface area contributed by atoms with Crippen molar-refractivity contribution in [3.05, 3.63) is 70.2 Å². The fourth-order valence-electron chi connectivity index (χ4n) is 2.75. The molecule has 138 valence electrons. The molecule has 26 heavy (non-hydrogen) atoms. The van der Waals surface area contributed by atoms with Crippen LogP contribution in [0.2, 0.25) is 0 Å². The second-order valence-electron chi connectivity index (χ2n) is 7.11. The lowest BCUT2D eigenvalue weighted by Gasteiger charge is -2.18. The summed E-state index contributed by atoms with van der Waals surface area (Å²) in [5, 5.41) is 0. The quantitative estimate of drug-likeness (QED) is 0.388. The molecule has 2 aromatic carbocycles. The largest absolute Gasteiger partial charge is 0.481 e. The molecular weight excluding hydrogens is 414 g/mol. The number of nitrogens with zero attached hydrogens (tertiary/aromatic N) is 1. The highest BCUT2D eigenvalue weighted by molar-refractivity contribution is 9.10. The van der Waals surface area contributed by atoms with Gasteiger partial charge in [-0.25, -0.2) is 4.21 Å². The van der Waals surface area contributed by atoms with Crippen LogP contribution >= 0.6 is 15.9 Å². The van der Waals surface area contributed by atoms with E-state index in [-0.39, 0.29) is 6.10 Å². The highest BCUT2D eigenvalue weighted by Gasteiger charge is 2.64. The van der Waals surface area contributed by atoms with Crippen LogP contribution in [-0.4, -0.2) is 22.0 Å². The van der Waals surface area contributed by atoms with Crippen LogP contribution < -0.4 is 0 Å². The van der Waals surface area contributed by atoms with Gasteiger partial charge in [-0.3, -0.25) is 0 Å². The second-order valence-corrected chi connectivity index (χ2v) is 9.93. The van der Waals surface area contributed by atoms with E-state index in [9.17, 15) is 4.21 Å². The van der Waals surface area contributed by atoms with Gasteiger partial charge in [-0.05, 0) is 44.0 Å². The van der Waals surface area contributed by atoms with Gasteiger partial charge >= 0.3 is 0 Å². The van der Waals surface area contributed by atoms with Crippen molar-refractivity contribution in [1.82, 2.24) is 0 Å². The van der Waals surface area contributed by atoms with E-state index in [2.05, 4.69) is 20.3 Å². The molecule has 0 N–H and O–H groups in total. The van der Waals surface area contributed by atoms with Crippen molar-refractivity contribution >= 4 is 32.8 Å². The summed E-state index contributed by atoms with van der Waals surface area (Å²) in [6.07, 6.45) is -0.242. The topological polar surface area (TPSA) is 51.2 Å². The molecule has 0 bridgehead atoms. The summed E-state index contributed by atoms with van der Waals surface area (Å²) in [5.41, 5.74) is 1.09. The van der Waals surface area contributed by atoms with E-state index >= 15 is 0 Å². The molecule has 1 saturated heterocycles. The number of methoxy groups -OCH3 is 1. The van der Waals surface area contributed by atoms with Gasteiger partial charge in [0.05, 0.1) is 11.9 Å². The van der Waals surface area contributed by atoms with Crippen LogP contribution in [0.3, 0.4) is 0 Å². The first-order valence-electron chi connectivity index (χ1n) is 8.33. The first-order valence-corrected chi connectivity index (χ1v) is 10.2. The van der Waals surface area contributed by atoms with Crippen LogP contribution in [0.15, 0.2) is 63.5 Å². The fourth-order valence-corrected chi connectivity index (χ4v) is 3.65. The lowest BCUT2D eigenvalue weighted by molar-refractivity contribution is 0.295. The van der Waals surface area contributed by atoms with Crippen LogP contribution in [0.4, 0.5) is 0 Å². The van der Waals surface area contributed by atoms with Crippen LogP contribution in [0.1, 0.15) is 38.0 Å². The number of benzene rings is 2. The molecule has 0 aromatic heterocycles. The van der Waals surface area contributed by atoms with E-state index in [1.54, 1.807) is 7.11 Å². The smallest absolute Gasteiger partial charge is 0.238 e. The third kappa shape index (κ3) is 3.63. The maximum Gasteiger partial charge on any atom is 0.238 e. The Morgan fingerprint density at radius 3 is 2.31 bits per heavy atom. The normalized spacial score (nSPS) is 24.2. The van der Waals surface area contributed by atoms with Crippen molar-refractivity contribution in [2.45, 2.75) is 37.2 Å². The molecule has 0 aliphatic carbocycles. The van der Waals surface area contributed by atoms with Crippen molar-refractivity contribution < 1.29 is 13.7 Å². The average molecular weight is 436 g/mol. The molecule has 1 aliphatic rings. The summed E-state index contributed by atoms with van der Waals surface area (Å²) in [6.45, 7) is 5.65. The standard InChI is InChI=1S/C20H22BrNO3S/c1-19(2,3)26(23)22-18(24-4)20(15-8-6-5-7-9-15)17(25-20)14-10-12-16(21)13-11-14/h5-13,17H,1-4H3/b22-18-/t17-,20+,26?/m1/s1. The van der Waals surface area contributed by atoms with E-state index in [4.69, 9.17) is 9.47 Å². The van der Waals surface area contributed by atoms with Gasteiger partial charge in [-0.15, -0.1) is 0 Å². The maximum absolute atomic E-state index is 12.6. The monoisotopic (exact) mass is 435 g/mol. The van der Waals surface area contributed by atoms with Gasteiger partial charge in [0, 0.05) is 4.47 Å². The molecule has 0 saturated carbocycles. The van der Waals surface area contributed by atoms with Crippen LogP contribution in [0.5, 0.6) is 0 Å². The SMILES string of the molecule is CO/C(=N\S(=O)C(C)(C)C)[C@@]1(c2ccccc2)O[C@@H]1c1ccc(Br)cc1. The van der Waals surface area contributed by atoms with Crippen molar-refractivity contribution in [3.63, 3.8) is 0 Å². The van der Waals surface area contributed by atoms with Crippen molar-refractivity contribution in [2.75, 3.05) is 7.11 Å². The molecule has 0 radical (unpaired) electrons. The Balaban J connectivity index is 2.07. The van der Waals surface area contributed by atoms with Gasteiger partial charge in [0.2, 0.25) is 5.90 Å². The first kappa shape index (κ1) is 19.3. The van der Waals surface area contributed by atoms with Crippen molar-refractivity contribution in [3.8, 4) is 0 Å². The molecule has 0 spiro atoms. The van der Waals surface area contributed by atoms with Gasteiger partial charge in [0.1, 0.15) is 17.1 Å². The molecule has 6 heteroatoms. The average Bonchev–Trinajstić information content (AvgIpc) is 3.36. The summed E-state index contributed by atoms with van der Waals surface area (Å²) in [4.78, 5) is 0. The number of halogens is 1. The minimum Gasteiger partial charge on any atom is -0.481 e. The zero-order chi connectivity index (χ0) is 18.9. The number of hydrogen-bond donors (Lipinski definition) is 0. The number of epoxide rings is 1. The van der Waals surface area contributed by atoms with E-state index in [1.165, 1.54) is 0 Å². The lowest BCUT2D eigenvalue weighted by Crippen LogP contribution is -2.28. The molecule has 4 nitrogen and oxygen atoms in total. The Kier molecular flexibility index (Phi) is 5.37. The van der Waals surface area contributed by atoms with E-state index < -0.39 is 21.3 Å². The van der Waals surface area contributed by atoms with Gasteiger partial charge in [0.25, 0.3) is 0 Å². The predicted octanol–water partition coefficient (Wildman–Crippen LogP) is 4.92. The summed E-state index contributed by atoms with van der Waals surface area (Å²) in [6, 6.07) is 17.8. The molecule has 1 aliphatic heterocycles. The van der Waals surface area contributed by atoms with Crippen molar-refractivity contribution in [2.24, 2.45) is 4.40 Å². The summed E-state index contributed by atoms with van der Waals surface area (Å²) in [5.74, 6) is 0.338. The second kappa shape index (κ2) is 7.25. The van der Waals surface area contributed by atoms with E-state index in [0.717, 1.165) is 15.6 Å². The lowest BCUT2D eigenvalue weighted by atomic mass is 9.91. The Morgan fingerprint density at radius 1 is 1.15 bits per heavy atom.